The predicted molar refractivity (Wildman–Crippen MR) is 75.0 cm³/mol. The van der Waals surface area contributed by atoms with Crippen molar-refractivity contribution in [2.45, 2.75) is 19.3 Å². The Morgan fingerprint density at radius 1 is 1.16 bits per heavy atom. The smallest absolute Gasteiger partial charge is 0.253 e. The molecule has 2 fully saturated rings. The van der Waals surface area contributed by atoms with Gasteiger partial charge in [0.15, 0.2) is 0 Å². The third-order valence-corrected chi connectivity index (χ3v) is 4.81. The molecule has 4 rings (SSSR count). The molecule has 3 heteroatoms. The van der Waals surface area contributed by atoms with Gasteiger partial charge in [-0.05, 0) is 48.9 Å². The second kappa shape index (κ2) is 4.12. The van der Waals surface area contributed by atoms with Crippen LogP contribution < -0.4 is 0 Å². The van der Waals surface area contributed by atoms with E-state index in [0.29, 0.717) is 0 Å². The molecule has 0 radical (unpaired) electrons. The van der Waals surface area contributed by atoms with Crippen LogP contribution in [0.3, 0.4) is 0 Å². The molecule has 1 saturated carbocycles. The van der Waals surface area contributed by atoms with Crippen LogP contribution in [0.2, 0.25) is 0 Å². The molecule has 0 spiro atoms. The lowest BCUT2D eigenvalue weighted by Crippen LogP contribution is -2.29. The number of hydrogen-bond acceptors (Lipinski definition) is 1. The van der Waals surface area contributed by atoms with E-state index in [2.05, 4.69) is 9.88 Å². The number of likely N-dealkylation sites (tertiary alicyclic amines) is 1. The maximum absolute atomic E-state index is 12.6. The Bertz CT molecular complexity index is 618. The molecule has 1 aliphatic carbocycles. The zero-order chi connectivity index (χ0) is 12.8. The highest BCUT2D eigenvalue weighted by Crippen LogP contribution is 2.38. The third kappa shape index (κ3) is 1.76. The topological polar surface area (TPSA) is 36.1 Å². The van der Waals surface area contributed by atoms with Gasteiger partial charge in [0.05, 0.1) is 0 Å². The fourth-order valence-corrected chi connectivity index (χ4v) is 3.77. The molecule has 1 N–H and O–H groups in total. The van der Waals surface area contributed by atoms with Crippen LogP contribution in [-0.4, -0.2) is 28.9 Å². The highest BCUT2D eigenvalue weighted by Gasteiger charge is 2.38. The van der Waals surface area contributed by atoms with Crippen molar-refractivity contribution in [3.05, 3.63) is 36.0 Å². The average Bonchev–Trinajstić information content (AvgIpc) is 3.11. The van der Waals surface area contributed by atoms with Crippen molar-refractivity contribution in [2.24, 2.45) is 11.8 Å². The van der Waals surface area contributed by atoms with Crippen LogP contribution in [-0.2, 0) is 0 Å². The summed E-state index contributed by atoms with van der Waals surface area (Å²) in [6, 6.07) is 7.96. The first-order valence-corrected chi connectivity index (χ1v) is 7.18. The first-order valence-electron chi connectivity index (χ1n) is 7.18. The molecular formula is C16H18N2O. The second-order valence-corrected chi connectivity index (χ2v) is 5.94. The van der Waals surface area contributed by atoms with Crippen LogP contribution in [0.5, 0.6) is 0 Å². The summed E-state index contributed by atoms with van der Waals surface area (Å²) in [4.78, 5) is 17.8. The van der Waals surface area contributed by atoms with Crippen LogP contribution in [0.25, 0.3) is 10.9 Å². The van der Waals surface area contributed by atoms with E-state index in [1.54, 1.807) is 0 Å². The molecule has 3 nitrogen and oxygen atoms in total. The van der Waals surface area contributed by atoms with Crippen molar-refractivity contribution in [1.29, 1.82) is 0 Å². The van der Waals surface area contributed by atoms with Gasteiger partial charge in [-0.1, -0.05) is 6.42 Å². The number of amides is 1. The number of hydrogen-bond donors (Lipinski definition) is 1. The van der Waals surface area contributed by atoms with Crippen molar-refractivity contribution in [3.63, 3.8) is 0 Å². The largest absolute Gasteiger partial charge is 0.361 e. The third-order valence-electron chi connectivity index (χ3n) is 4.81. The normalized spacial score (nSPS) is 26.0. The minimum absolute atomic E-state index is 0.206. The molecule has 2 atom stereocenters. The molecule has 2 heterocycles. The number of rotatable bonds is 1. The molecule has 1 aromatic carbocycles. The standard InChI is InChI=1S/C16H18N2O/c19-16(18-9-13-2-1-3-14(13)10-18)12-4-5-15-11(8-12)6-7-17-15/h4-8,13-14,17H,1-3,9-10H2. The van der Waals surface area contributed by atoms with Crippen LogP contribution in [0.1, 0.15) is 29.6 Å². The Kier molecular flexibility index (Phi) is 2.40. The Hall–Kier alpha value is -1.77. The monoisotopic (exact) mass is 254 g/mol. The summed E-state index contributed by atoms with van der Waals surface area (Å²) in [7, 11) is 0. The number of fused-ring (bicyclic) bond motifs is 2. The molecule has 2 unspecified atom stereocenters. The van der Waals surface area contributed by atoms with Gasteiger partial charge in [0.2, 0.25) is 0 Å². The van der Waals surface area contributed by atoms with E-state index in [1.807, 2.05) is 30.5 Å². The highest BCUT2D eigenvalue weighted by molar-refractivity contribution is 5.98. The quantitative estimate of drug-likeness (QED) is 0.834. The highest BCUT2D eigenvalue weighted by atomic mass is 16.2. The summed E-state index contributed by atoms with van der Waals surface area (Å²) < 4.78 is 0. The molecule has 1 saturated heterocycles. The van der Waals surface area contributed by atoms with Crippen molar-refractivity contribution >= 4 is 16.8 Å². The number of carbonyl (C=O) groups is 1. The van der Waals surface area contributed by atoms with Gasteiger partial charge in [0.1, 0.15) is 0 Å². The zero-order valence-electron chi connectivity index (χ0n) is 10.9. The van der Waals surface area contributed by atoms with Crippen molar-refractivity contribution in [1.82, 2.24) is 9.88 Å². The van der Waals surface area contributed by atoms with Gasteiger partial charge in [0, 0.05) is 35.8 Å². The predicted octanol–water partition coefficient (Wildman–Crippen LogP) is 3.04. The molecular weight excluding hydrogens is 236 g/mol. The number of H-pyrrole nitrogens is 1. The number of benzene rings is 1. The van der Waals surface area contributed by atoms with E-state index in [4.69, 9.17) is 0 Å². The number of nitrogens with one attached hydrogen (secondary N) is 1. The zero-order valence-corrected chi connectivity index (χ0v) is 10.9. The van der Waals surface area contributed by atoms with Crippen LogP contribution in [0.15, 0.2) is 30.5 Å². The Morgan fingerprint density at radius 3 is 2.74 bits per heavy atom. The Labute approximate surface area is 112 Å². The van der Waals surface area contributed by atoms with Crippen LogP contribution in [0, 0.1) is 11.8 Å². The van der Waals surface area contributed by atoms with Gasteiger partial charge >= 0.3 is 0 Å². The van der Waals surface area contributed by atoms with Crippen molar-refractivity contribution in [3.8, 4) is 0 Å². The van der Waals surface area contributed by atoms with Gasteiger partial charge in [-0.3, -0.25) is 4.79 Å². The summed E-state index contributed by atoms with van der Waals surface area (Å²) in [6.07, 6.45) is 5.89. The summed E-state index contributed by atoms with van der Waals surface area (Å²) >= 11 is 0. The summed E-state index contributed by atoms with van der Waals surface area (Å²) in [6.45, 7) is 1.93. The summed E-state index contributed by atoms with van der Waals surface area (Å²) in [5.41, 5.74) is 1.92. The fraction of sp³-hybridized carbons (Fsp3) is 0.438. The minimum Gasteiger partial charge on any atom is -0.361 e. The SMILES string of the molecule is O=C(c1ccc2[nH]ccc2c1)N1CC2CCCC2C1. The van der Waals surface area contributed by atoms with Gasteiger partial charge in [-0.2, -0.15) is 0 Å². The lowest BCUT2D eigenvalue weighted by molar-refractivity contribution is 0.0781. The number of carbonyl (C=O) groups excluding carboxylic acids is 1. The van der Waals surface area contributed by atoms with Gasteiger partial charge < -0.3 is 9.88 Å². The number of aromatic amines is 1. The first-order chi connectivity index (χ1) is 9.31. The molecule has 2 aromatic rings. The maximum atomic E-state index is 12.6. The Balaban J connectivity index is 1.59. The lowest BCUT2D eigenvalue weighted by atomic mass is 10.0. The van der Waals surface area contributed by atoms with Gasteiger partial charge in [-0.25, -0.2) is 0 Å². The van der Waals surface area contributed by atoms with E-state index in [1.165, 1.54) is 19.3 Å². The minimum atomic E-state index is 0.206. The van der Waals surface area contributed by atoms with Gasteiger partial charge in [-0.15, -0.1) is 0 Å². The molecule has 19 heavy (non-hydrogen) atoms. The second-order valence-electron chi connectivity index (χ2n) is 5.94. The molecule has 0 bridgehead atoms. The van der Waals surface area contributed by atoms with E-state index < -0.39 is 0 Å². The molecule has 98 valence electrons. The molecule has 1 aromatic heterocycles. The van der Waals surface area contributed by atoms with Crippen LogP contribution >= 0.6 is 0 Å². The van der Waals surface area contributed by atoms with Crippen molar-refractivity contribution in [2.75, 3.05) is 13.1 Å². The Morgan fingerprint density at radius 2 is 1.95 bits per heavy atom. The summed E-state index contributed by atoms with van der Waals surface area (Å²) in [5, 5.41) is 1.12. The van der Waals surface area contributed by atoms with E-state index >= 15 is 0 Å². The van der Waals surface area contributed by atoms with E-state index in [9.17, 15) is 4.79 Å². The number of nitrogens with zero attached hydrogens (tertiary/aromatic N) is 1. The first kappa shape index (κ1) is 11.1. The maximum Gasteiger partial charge on any atom is 0.253 e. The molecule has 1 aliphatic heterocycles. The van der Waals surface area contributed by atoms with E-state index in [0.717, 1.165) is 41.4 Å². The van der Waals surface area contributed by atoms with Crippen molar-refractivity contribution < 1.29 is 4.79 Å². The fourth-order valence-electron chi connectivity index (χ4n) is 3.77. The number of aromatic nitrogens is 1. The lowest BCUT2D eigenvalue weighted by Gasteiger charge is -2.17. The summed E-state index contributed by atoms with van der Waals surface area (Å²) in [5.74, 6) is 1.73. The van der Waals surface area contributed by atoms with Gasteiger partial charge in [0.25, 0.3) is 5.91 Å². The average molecular weight is 254 g/mol. The molecule has 1 amide bonds. The van der Waals surface area contributed by atoms with E-state index in [-0.39, 0.29) is 5.91 Å². The molecule has 2 aliphatic rings. The van der Waals surface area contributed by atoms with Crippen LogP contribution in [0.4, 0.5) is 0 Å².